The normalized spacial score (nSPS) is 12.3. The molecule has 0 N–H and O–H groups in total. The van der Waals surface area contributed by atoms with Gasteiger partial charge in [-0.3, -0.25) is 0 Å². The summed E-state index contributed by atoms with van der Waals surface area (Å²) in [4.78, 5) is 0. The van der Waals surface area contributed by atoms with E-state index in [1.807, 2.05) is 0 Å². The first-order valence-electron chi connectivity index (χ1n) is 4.52. The Morgan fingerprint density at radius 1 is 0.900 bits per heavy atom. The van der Waals surface area contributed by atoms with Crippen molar-refractivity contribution in [2.75, 3.05) is 0 Å². The average Bonchev–Trinajstić information content (AvgIpc) is 1.58. The third kappa shape index (κ3) is 6.34. The lowest BCUT2D eigenvalue weighted by molar-refractivity contribution is 0.481. The molecule has 0 rings (SSSR count). The van der Waals surface area contributed by atoms with Gasteiger partial charge >= 0.3 is 0 Å². The summed E-state index contributed by atoms with van der Waals surface area (Å²) in [6.07, 6.45) is 2.90. The molecule has 0 bridgehead atoms. The molecule has 10 heavy (non-hydrogen) atoms. The van der Waals surface area contributed by atoms with E-state index in [-0.39, 0.29) is 0 Å². The van der Waals surface area contributed by atoms with Gasteiger partial charge in [0.05, 0.1) is 0 Å². The Hall–Kier alpha value is 0.217. The molecule has 0 saturated heterocycles. The Bertz CT molecular complexity index is 66.8. The van der Waals surface area contributed by atoms with Crippen LogP contribution in [0.1, 0.15) is 40.5 Å². The van der Waals surface area contributed by atoms with Crippen molar-refractivity contribution in [3.63, 3.8) is 0 Å². The van der Waals surface area contributed by atoms with E-state index in [9.17, 15) is 0 Å². The van der Waals surface area contributed by atoms with Crippen molar-refractivity contribution >= 4 is 10.2 Å². The van der Waals surface area contributed by atoms with Gasteiger partial charge in [-0.05, 0) is 11.8 Å². The van der Waals surface area contributed by atoms with Crippen molar-refractivity contribution in [1.82, 2.24) is 0 Å². The Morgan fingerprint density at radius 2 is 1.20 bits per heavy atom. The second-order valence-electron chi connectivity index (χ2n) is 4.36. The molecule has 0 amide bonds. The molecule has 0 atom stereocenters. The molecule has 0 aliphatic heterocycles. The van der Waals surface area contributed by atoms with Crippen LogP contribution in [0.3, 0.4) is 0 Å². The molecule has 62 valence electrons. The van der Waals surface area contributed by atoms with Crippen LogP contribution < -0.4 is 0 Å². The van der Waals surface area contributed by atoms with Crippen LogP contribution in [-0.2, 0) is 0 Å². The zero-order chi connectivity index (χ0) is 8.15. The summed E-state index contributed by atoms with van der Waals surface area (Å²) in [7, 11) is 1.38. The van der Waals surface area contributed by atoms with Crippen molar-refractivity contribution < 1.29 is 0 Å². The van der Waals surface area contributed by atoms with Crippen molar-refractivity contribution in [2.24, 2.45) is 11.8 Å². The van der Waals surface area contributed by atoms with E-state index in [1.54, 1.807) is 0 Å². The van der Waals surface area contributed by atoms with Crippen molar-refractivity contribution in [1.29, 1.82) is 0 Å². The lowest BCUT2D eigenvalue weighted by atomic mass is 10.0. The van der Waals surface area contributed by atoms with Gasteiger partial charge in [0, 0.05) is 10.2 Å². The van der Waals surface area contributed by atoms with Gasteiger partial charge in [-0.1, -0.05) is 46.1 Å². The van der Waals surface area contributed by atoms with Gasteiger partial charge in [0.25, 0.3) is 0 Å². The van der Waals surface area contributed by atoms with Crippen LogP contribution >= 0.6 is 0 Å². The number of hydrogen-bond acceptors (Lipinski definition) is 0. The summed E-state index contributed by atoms with van der Waals surface area (Å²) in [6, 6.07) is 0. The molecule has 0 aromatic rings. The zero-order valence-corrected chi connectivity index (χ0v) is 10.1. The molecule has 0 nitrogen and oxygen atoms in total. The summed E-state index contributed by atoms with van der Waals surface area (Å²) in [5.41, 5.74) is 1.06. The van der Waals surface area contributed by atoms with E-state index >= 15 is 0 Å². The second kappa shape index (κ2) is 4.95. The van der Waals surface area contributed by atoms with E-state index in [2.05, 4.69) is 27.7 Å². The van der Waals surface area contributed by atoms with Crippen molar-refractivity contribution in [3.8, 4) is 0 Å². The van der Waals surface area contributed by atoms with Gasteiger partial charge < -0.3 is 0 Å². The maximum atomic E-state index is 2.32. The smallest absolute Gasteiger partial charge is 0.00675 e. The van der Waals surface area contributed by atoms with Crippen molar-refractivity contribution in [3.05, 3.63) is 0 Å². The fourth-order valence-electron chi connectivity index (χ4n) is 1.71. The van der Waals surface area contributed by atoms with Gasteiger partial charge in [0.1, 0.15) is 0 Å². The molecule has 0 spiro atoms. The lowest BCUT2D eigenvalue weighted by Crippen LogP contribution is -2.01. The highest BCUT2D eigenvalue weighted by Gasteiger charge is 2.06. The Kier molecular flexibility index (Phi) is 5.05. The fourth-order valence-corrected chi connectivity index (χ4v) is 3.59. The predicted molar refractivity (Wildman–Crippen MR) is 52.6 cm³/mol. The van der Waals surface area contributed by atoms with Gasteiger partial charge in [-0.25, -0.2) is 0 Å². The highest BCUT2D eigenvalue weighted by atomic mass is 28.1. The summed E-state index contributed by atoms with van der Waals surface area (Å²) >= 11 is 0. The molecule has 0 radical (unpaired) electrons. The van der Waals surface area contributed by atoms with Crippen LogP contribution in [0.2, 0.25) is 5.54 Å². The molecular formula is C9H22Si. The minimum Gasteiger partial charge on any atom is -0.0628 e. The first-order valence-corrected chi connectivity index (χ1v) is 5.67. The fraction of sp³-hybridized carbons (Fsp3) is 1.00. The highest BCUT2D eigenvalue weighted by molar-refractivity contribution is 6.11. The maximum absolute atomic E-state index is 2.32. The predicted octanol–water partition coefficient (Wildman–Crippen LogP) is 2.23. The standard InChI is InChI=1S/C9H22Si/c1-7(2)5-9(10)6-8(3)4/h7-9H,5-6H2,1-4,10H3. The molecule has 0 aliphatic carbocycles. The topological polar surface area (TPSA) is 0 Å². The average molecular weight is 158 g/mol. The monoisotopic (exact) mass is 158 g/mol. The van der Waals surface area contributed by atoms with E-state index in [0.717, 1.165) is 17.4 Å². The maximum Gasteiger partial charge on any atom is 0.00675 e. The third-order valence-electron chi connectivity index (χ3n) is 1.75. The van der Waals surface area contributed by atoms with Crippen LogP contribution in [0.25, 0.3) is 0 Å². The van der Waals surface area contributed by atoms with E-state index in [0.29, 0.717) is 0 Å². The van der Waals surface area contributed by atoms with Gasteiger partial charge in [-0.15, -0.1) is 0 Å². The number of hydrogen-bond donors (Lipinski definition) is 0. The number of rotatable bonds is 4. The first-order chi connectivity index (χ1) is 4.52. The minimum absolute atomic E-state index is 0.904. The molecule has 1 heteroatoms. The quantitative estimate of drug-likeness (QED) is 0.550. The molecule has 0 unspecified atom stereocenters. The SMILES string of the molecule is CC(C)CC([SiH3])CC(C)C. The summed E-state index contributed by atoms with van der Waals surface area (Å²) in [5, 5.41) is 0. The molecule has 0 aromatic carbocycles. The molecule has 0 aromatic heterocycles. The van der Waals surface area contributed by atoms with Gasteiger partial charge in [-0.2, -0.15) is 0 Å². The van der Waals surface area contributed by atoms with Gasteiger partial charge in [0.15, 0.2) is 0 Å². The Labute approximate surface area is 68.8 Å². The van der Waals surface area contributed by atoms with Crippen LogP contribution in [0.15, 0.2) is 0 Å². The molecular weight excluding hydrogens is 136 g/mol. The summed E-state index contributed by atoms with van der Waals surface area (Å²) < 4.78 is 0. The van der Waals surface area contributed by atoms with Crippen LogP contribution in [0.4, 0.5) is 0 Å². The third-order valence-corrected chi connectivity index (χ3v) is 2.69. The summed E-state index contributed by atoms with van der Waals surface area (Å²) in [6.45, 7) is 9.30. The minimum atomic E-state index is 0.904. The zero-order valence-electron chi connectivity index (χ0n) is 8.15. The van der Waals surface area contributed by atoms with E-state index in [1.165, 1.54) is 23.1 Å². The second-order valence-corrected chi connectivity index (χ2v) is 6.00. The van der Waals surface area contributed by atoms with E-state index < -0.39 is 0 Å². The van der Waals surface area contributed by atoms with Crippen LogP contribution in [0, 0.1) is 11.8 Å². The van der Waals surface area contributed by atoms with Crippen LogP contribution in [-0.4, -0.2) is 10.2 Å². The van der Waals surface area contributed by atoms with E-state index in [4.69, 9.17) is 0 Å². The first kappa shape index (κ1) is 10.2. The van der Waals surface area contributed by atoms with Gasteiger partial charge in [0.2, 0.25) is 0 Å². The lowest BCUT2D eigenvalue weighted by Gasteiger charge is -2.15. The molecule has 0 aliphatic rings. The summed E-state index contributed by atoms with van der Waals surface area (Å²) in [5.74, 6) is 1.81. The largest absolute Gasteiger partial charge is 0.0628 e. The Balaban J connectivity index is 3.34. The Morgan fingerprint density at radius 3 is 1.40 bits per heavy atom. The molecule has 0 heterocycles. The highest BCUT2D eigenvalue weighted by Crippen LogP contribution is 2.21. The molecule has 0 fully saturated rings. The van der Waals surface area contributed by atoms with Crippen LogP contribution in [0.5, 0.6) is 0 Å². The van der Waals surface area contributed by atoms with Crippen molar-refractivity contribution in [2.45, 2.75) is 46.1 Å². The molecule has 0 saturated carbocycles.